The van der Waals surface area contributed by atoms with E-state index < -0.39 is 0 Å². The van der Waals surface area contributed by atoms with Gasteiger partial charge in [-0.2, -0.15) is 9.67 Å². The number of hydrogen-bond donors (Lipinski definition) is 1. The van der Waals surface area contributed by atoms with E-state index in [1.807, 2.05) is 76.9 Å². The van der Waals surface area contributed by atoms with Crippen molar-refractivity contribution in [3.05, 3.63) is 81.7 Å². The van der Waals surface area contributed by atoms with Gasteiger partial charge in [0.1, 0.15) is 0 Å². The fourth-order valence-electron chi connectivity index (χ4n) is 2.74. The molecule has 0 saturated carbocycles. The number of hydrogen-bond acceptors (Lipinski definition) is 3. The second-order valence-corrected chi connectivity index (χ2v) is 7.71. The molecule has 1 aromatic carbocycles. The number of aromatic nitrogens is 3. The number of halogens is 1. The van der Waals surface area contributed by atoms with Gasteiger partial charge in [-0.05, 0) is 45.1 Å². The molecule has 1 N–H and O–H groups in total. The first-order valence-electron chi connectivity index (χ1n) is 8.06. The summed E-state index contributed by atoms with van der Waals surface area (Å²) in [5, 5.41) is 9.43. The topological polar surface area (TPSA) is 49.6 Å². The van der Waals surface area contributed by atoms with Crippen LogP contribution in [0.5, 0.6) is 0 Å². The Labute approximate surface area is 163 Å². The molecule has 4 rings (SSSR count). The maximum absolute atomic E-state index is 12.4. The van der Waals surface area contributed by atoms with E-state index in [1.165, 1.54) is 11.3 Å². The van der Waals surface area contributed by atoms with Crippen LogP contribution in [0.25, 0.3) is 22.5 Å². The van der Waals surface area contributed by atoms with Gasteiger partial charge in [0.25, 0.3) is 0 Å². The van der Waals surface area contributed by atoms with Gasteiger partial charge in [0.05, 0.1) is 26.3 Å². The lowest BCUT2D eigenvalue weighted by atomic mass is 10.1. The van der Waals surface area contributed by atoms with Crippen LogP contribution in [0.2, 0.25) is 0 Å². The summed E-state index contributed by atoms with van der Waals surface area (Å²) >= 11 is 5.00. The highest BCUT2D eigenvalue weighted by Gasteiger charge is 2.16. The Balaban J connectivity index is 1.62. The standard InChI is InChI=1S/C20H15BrN3OS/c21-16-9-15(11-24(12-16)13-19(25)20-7-4-8-26-20)18-10-17(22-23-18)14-5-2-1-3-6-14/h1-12H,13H2,(H,22,23)/q+1. The molecular weight excluding hydrogens is 410 g/mol. The van der Waals surface area contributed by atoms with Crippen molar-refractivity contribution in [3.63, 3.8) is 0 Å². The van der Waals surface area contributed by atoms with Gasteiger partial charge >= 0.3 is 0 Å². The second-order valence-electron chi connectivity index (χ2n) is 5.85. The predicted molar refractivity (Wildman–Crippen MR) is 106 cm³/mol. The van der Waals surface area contributed by atoms with Gasteiger partial charge in [-0.15, -0.1) is 11.3 Å². The average molecular weight is 425 g/mol. The highest BCUT2D eigenvalue weighted by molar-refractivity contribution is 9.10. The van der Waals surface area contributed by atoms with E-state index in [0.717, 1.165) is 31.9 Å². The summed E-state index contributed by atoms with van der Waals surface area (Å²) < 4.78 is 2.79. The molecule has 3 aromatic heterocycles. The van der Waals surface area contributed by atoms with Gasteiger partial charge < -0.3 is 0 Å². The van der Waals surface area contributed by atoms with Crippen molar-refractivity contribution in [2.75, 3.05) is 0 Å². The fourth-order valence-corrected chi connectivity index (χ4v) is 3.91. The molecule has 0 fully saturated rings. The van der Waals surface area contributed by atoms with E-state index >= 15 is 0 Å². The van der Waals surface area contributed by atoms with Gasteiger partial charge in [0, 0.05) is 0 Å². The number of carbonyl (C=O) groups is 1. The number of thiophene rings is 1. The Bertz CT molecular complexity index is 1040. The maximum Gasteiger partial charge on any atom is 0.237 e. The van der Waals surface area contributed by atoms with E-state index in [2.05, 4.69) is 26.1 Å². The Kier molecular flexibility index (Phi) is 4.77. The fraction of sp³-hybridized carbons (Fsp3) is 0.0500. The maximum atomic E-state index is 12.4. The summed E-state index contributed by atoms with van der Waals surface area (Å²) in [5.74, 6) is 0.0982. The monoisotopic (exact) mass is 424 g/mol. The van der Waals surface area contributed by atoms with Crippen LogP contribution in [-0.4, -0.2) is 16.0 Å². The third-order valence-corrected chi connectivity index (χ3v) is 5.31. The van der Waals surface area contributed by atoms with Crippen molar-refractivity contribution < 1.29 is 9.36 Å². The highest BCUT2D eigenvalue weighted by atomic mass is 79.9. The first-order valence-corrected chi connectivity index (χ1v) is 9.74. The van der Waals surface area contributed by atoms with Crippen molar-refractivity contribution >= 4 is 33.0 Å². The second kappa shape index (κ2) is 7.35. The molecule has 0 aliphatic heterocycles. The minimum Gasteiger partial charge on any atom is -0.286 e. The van der Waals surface area contributed by atoms with Gasteiger partial charge in [0.2, 0.25) is 12.3 Å². The number of nitrogens with zero attached hydrogens (tertiary/aromatic N) is 2. The smallest absolute Gasteiger partial charge is 0.237 e. The Hall–Kier alpha value is -2.57. The SMILES string of the molecule is O=C(C[n+]1cc(Br)cc(-c2cc(-c3ccccc3)[nH]n2)c1)c1cccs1. The van der Waals surface area contributed by atoms with Crippen LogP contribution in [-0.2, 0) is 6.54 Å². The van der Waals surface area contributed by atoms with Crippen LogP contribution < -0.4 is 4.57 Å². The average Bonchev–Trinajstić information content (AvgIpc) is 3.34. The summed E-state index contributed by atoms with van der Waals surface area (Å²) in [6, 6.07) is 17.8. The van der Waals surface area contributed by atoms with Crippen molar-refractivity contribution in [2.24, 2.45) is 0 Å². The zero-order chi connectivity index (χ0) is 17.9. The van der Waals surface area contributed by atoms with Gasteiger partial charge in [-0.1, -0.05) is 36.4 Å². The predicted octanol–water partition coefficient (Wildman–Crippen LogP) is 4.74. The van der Waals surface area contributed by atoms with Crippen molar-refractivity contribution in [1.29, 1.82) is 0 Å². The van der Waals surface area contributed by atoms with Crippen LogP contribution in [0.1, 0.15) is 9.67 Å². The lowest BCUT2D eigenvalue weighted by molar-refractivity contribution is -0.683. The van der Waals surface area contributed by atoms with Crippen molar-refractivity contribution in [3.8, 4) is 22.5 Å². The number of benzene rings is 1. The number of Topliss-reactive ketones (excluding diaryl/α,β-unsaturated/α-hetero) is 1. The molecule has 0 amide bonds. The normalized spacial score (nSPS) is 10.8. The van der Waals surface area contributed by atoms with Gasteiger partial charge in [-0.25, -0.2) is 0 Å². The molecule has 4 nitrogen and oxygen atoms in total. The molecule has 0 aliphatic carbocycles. The molecule has 4 aromatic rings. The number of carbonyl (C=O) groups excluding carboxylic acids is 1. The van der Waals surface area contributed by atoms with E-state index in [-0.39, 0.29) is 5.78 Å². The first-order chi connectivity index (χ1) is 12.7. The summed E-state index contributed by atoms with van der Waals surface area (Å²) in [6.07, 6.45) is 3.85. The summed E-state index contributed by atoms with van der Waals surface area (Å²) in [6.45, 7) is 0.295. The van der Waals surface area contributed by atoms with Crippen LogP contribution in [0.4, 0.5) is 0 Å². The third kappa shape index (κ3) is 3.66. The lowest BCUT2D eigenvalue weighted by Gasteiger charge is -2.00. The molecule has 0 radical (unpaired) electrons. The minimum atomic E-state index is 0.0982. The molecule has 0 atom stereocenters. The third-order valence-electron chi connectivity index (χ3n) is 3.97. The number of H-pyrrole nitrogens is 1. The molecule has 6 heteroatoms. The largest absolute Gasteiger partial charge is 0.286 e. The summed E-state index contributed by atoms with van der Waals surface area (Å²) in [4.78, 5) is 13.1. The zero-order valence-electron chi connectivity index (χ0n) is 13.7. The summed E-state index contributed by atoms with van der Waals surface area (Å²) in [7, 11) is 0. The molecular formula is C20H15BrN3OS+. The number of nitrogens with one attached hydrogen (secondary N) is 1. The lowest BCUT2D eigenvalue weighted by Crippen LogP contribution is -2.37. The molecule has 0 bridgehead atoms. The molecule has 0 saturated heterocycles. The molecule has 0 unspecified atom stereocenters. The van der Waals surface area contributed by atoms with Crippen LogP contribution in [0.3, 0.4) is 0 Å². The first kappa shape index (κ1) is 16.9. The Morgan fingerprint density at radius 2 is 1.92 bits per heavy atom. The van der Waals surface area contributed by atoms with Crippen LogP contribution in [0.15, 0.2) is 76.8 Å². The molecule has 128 valence electrons. The quantitative estimate of drug-likeness (QED) is 0.371. The number of aromatic amines is 1. The van der Waals surface area contributed by atoms with Crippen LogP contribution >= 0.6 is 27.3 Å². The van der Waals surface area contributed by atoms with E-state index in [4.69, 9.17) is 0 Å². The summed E-state index contributed by atoms with van der Waals surface area (Å²) in [5.41, 5.74) is 3.82. The van der Waals surface area contributed by atoms with E-state index in [1.54, 1.807) is 0 Å². The van der Waals surface area contributed by atoms with E-state index in [0.29, 0.717) is 6.54 Å². The molecule has 26 heavy (non-hydrogen) atoms. The number of ketones is 1. The molecule has 3 heterocycles. The Morgan fingerprint density at radius 1 is 1.08 bits per heavy atom. The van der Waals surface area contributed by atoms with Crippen LogP contribution in [0, 0.1) is 0 Å². The number of pyridine rings is 1. The number of rotatable bonds is 5. The van der Waals surface area contributed by atoms with Crippen molar-refractivity contribution in [2.45, 2.75) is 6.54 Å². The van der Waals surface area contributed by atoms with E-state index in [9.17, 15) is 4.79 Å². The molecule has 0 spiro atoms. The minimum absolute atomic E-state index is 0.0982. The highest BCUT2D eigenvalue weighted by Crippen LogP contribution is 2.24. The van der Waals surface area contributed by atoms with Crippen molar-refractivity contribution in [1.82, 2.24) is 10.2 Å². The Morgan fingerprint density at radius 3 is 2.69 bits per heavy atom. The molecule has 0 aliphatic rings. The van der Waals surface area contributed by atoms with Gasteiger partial charge in [-0.3, -0.25) is 9.89 Å². The van der Waals surface area contributed by atoms with Gasteiger partial charge in [0.15, 0.2) is 12.4 Å². The zero-order valence-corrected chi connectivity index (χ0v) is 16.1.